The highest BCUT2D eigenvalue weighted by Gasteiger charge is 2.12. The van der Waals surface area contributed by atoms with Crippen molar-refractivity contribution in [2.24, 2.45) is 0 Å². The van der Waals surface area contributed by atoms with E-state index in [9.17, 15) is 8.78 Å². The molecule has 2 N–H and O–H groups in total. The Balaban J connectivity index is 2.39. The molecular weight excluding hydrogens is 268 g/mol. The van der Waals surface area contributed by atoms with Crippen LogP contribution in [0.15, 0.2) is 18.2 Å². The Morgan fingerprint density at radius 1 is 1.05 bits per heavy atom. The second-order valence-electron chi connectivity index (χ2n) is 4.01. The highest BCUT2D eigenvalue weighted by atomic mass is 19.1. The molecule has 0 fully saturated rings. The molecule has 0 atom stereocenters. The summed E-state index contributed by atoms with van der Waals surface area (Å²) in [6, 6.07) is 3.37. The molecule has 1 aromatic heterocycles. The lowest BCUT2D eigenvalue weighted by Gasteiger charge is -2.09. The number of hydrogen-bond acceptors (Lipinski definition) is 5. The van der Waals surface area contributed by atoms with Crippen molar-refractivity contribution < 1.29 is 18.3 Å². The van der Waals surface area contributed by atoms with Gasteiger partial charge in [0.25, 0.3) is 0 Å². The number of nitrogens with zero attached hydrogens (tertiary/aromatic N) is 2. The maximum atomic E-state index is 13.4. The number of aromatic nitrogens is 2. The molecular formula is C13H13F2N3O2. The first-order valence-electron chi connectivity index (χ1n) is 5.72. The Kier molecular flexibility index (Phi) is 3.97. The molecule has 0 amide bonds. The lowest BCUT2D eigenvalue weighted by Crippen LogP contribution is -2.05. The zero-order valence-electron chi connectivity index (χ0n) is 11.0. The molecule has 0 spiro atoms. The van der Waals surface area contributed by atoms with Gasteiger partial charge in [0.2, 0.25) is 11.8 Å². The molecule has 2 aromatic rings. The summed E-state index contributed by atoms with van der Waals surface area (Å²) in [5.74, 6) is -0.640. The zero-order chi connectivity index (χ0) is 14.7. The third kappa shape index (κ3) is 2.93. The fourth-order valence-electron chi connectivity index (χ4n) is 1.69. The van der Waals surface area contributed by atoms with Gasteiger partial charge in [-0.1, -0.05) is 0 Å². The standard InChI is InChI=1S/C13H13F2N3O2/c1-19-11-6-12(20-2)18-10(17-11)4-7-3-8(14)5-9(15)13(7)16/h3,5-6H,4,16H2,1-2H3. The van der Waals surface area contributed by atoms with Crippen LogP contribution in [0.25, 0.3) is 0 Å². The van der Waals surface area contributed by atoms with E-state index in [0.717, 1.165) is 12.1 Å². The van der Waals surface area contributed by atoms with Gasteiger partial charge < -0.3 is 15.2 Å². The first kappa shape index (κ1) is 14.0. The fraction of sp³-hybridized carbons (Fsp3) is 0.231. The minimum Gasteiger partial charge on any atom is -0.481 e. The molecule has 1 heterocycles. The van der Waals surface area contributed by atoms with Crippen LogP contribution in [0.1, 0.15) is 11.4 Å². The number of hydrogen-bond donors (Lipinski definition) is 1. The molecule has 2 rings (SSSR count). The van der Waals surface area contributed by atoms with E-state index in [1.165, 1.54) is 20.3 Å². The van der Waals surface area contributed by atoms with Gasteiger partial charge in [-0.3, -0.25) is 0 Å². The monoisotopic (exact) mass is 281 g/mol. The lowest BCUT2D eigenvalue weighted by atomic mass is 10.1. The van der Waals surface area contributed by atoms with Gasteiger partial charge in [0, 0.05) is 12.5 Å². The Morgan fingerprint density at radius 3 is 2.20 bits per heavy atom. The van der Waals surface area contributed by atoms with Crippen molar-refractivity contribution in [2.45, 2.75) is 6.42 Å². The van der Waals surface area contributed by atoms with E-state index in [1.54, 1.807) is 0 Å². The van der Waals surface area contributed by atoms with E-state index < -0.39 is 11.6 Å². The van der Waals surface area contributed by atoms with Gasteiger partial charge in [0.05, 0.1) is 26.0 Å². The normalized spacial score (nSPS) is 10.4. The number of ether oxygens (including phenoxy) is 2. The van der Waals surface area contributed by atoms with Crippen molar-refractivity contribution in [3.63, 3.8) is 0 Å². The van der Waals surface area contributed by atoms with Crippen molar-refractivity contribution >= 4 is 5.69 Å². The predicted molar refractivity (Wildman–Crippen MR) is 68.7 cm³/mol. The maximum Gasteiger partial charge on any atom is 0.220 e. The van der Waals surface area contributed by atoms with Gasteiger partial charge in [-0.05, 0) is 11.6 Å². The molecule has 0 aliphatic rings. The summed E-state index contributed by atoms with van der Waals surface area (Å²) in [7, 11) is 2.89. The molecule has 0 aliphatic carbocycles. The molecule has 5 nitrogen and oxygen atoms in total. The van der Waals surface area contributed by atoms with Gasteiger partial charge in [-0.25, -0.2) is 8.78 Å². The smallest absolute Gasteiger partial charge is 0.220 e. The maximum absolute atomic E-state index is 13.4. The van der Waals surface area contributed by atoms with Crippen molar-refractivity contribution in [2.75, 3.05) is 20.0 Å². The number of rotatable bonds is 4. The van der Waals surface area contributed by atoms with Crippen molar-refractivity contribution in [1.82, 2.24) is 9.97 Å². The van der Waals surface area contributed by atoms with E-state index in [2.05, 4.69) is 9.97 Å². The molecule has 0 saturated heterocycles. The van der Waals surface area contributed by atoms with Crippen molar-refractivity contribution in [3.05, 3.63) is 41.2 Å². The topological polar surface area (TPSA) is 70.3 Å². The van der Waals surface area contributed by atoms with Crippen LogP contribution in [-0.2, 0) is 6.42 Å². The van der Waals surface area contributed by atoms with E-state index in [-0.39, 0.29) is 23.5 Å². The number of anilines is 1. The van der Waals surface area contributed by atoms with Crippen LogP contribution >= 0.6 is 0 Å². The van der Waals surface area contributed by atoms with Crippen LogP contribution in [0.4, 0.5) is 14.5 Å². The van der Waals surface area contributed by atoms with Crippen LogP contribution in [0.2, 0.25) is 0 Å². The Labute approximate surface area is 114 Å². The highest BCUT2D eigenvalue weighted by molar-refractivity contribution is 5.49. The fourth-order valence-corrected chi connectivity index (χ4v) is 1.69. The van der Waals surface area contributed by atoms with Gasteiger partial charge in [-0.2, -0.15) is 9.97 Å². The molecule has 0 radical (unpaired) electrons. The largest absolute Gasteiger partial charge is 0.481 e. The lowest BCUT2D eigenvalue weighted by molar-refractivity contribution is 0.368. The quantitative estimate of drug-likeness (QED) is 0.867. The number of methoxy groups -OCH3 is 2. The second-order valence-corrected chi connectivity index (χ2v) is 4.01. The molecule has 1 aromatic carbocycles. The van der Waals surface area contributed by atoms with Crippen LogP contribution < -0.4 is 15.2 Å². The summed E-state index contributed by atoms with van der Waals surface area (Å²) < 4.78 is 36.6. The predicted octanol–water partition coefficient (Wildman–Crippen LogP) is 1.94. The van der Waals surface area contributed by atoms with Gasteiger partial charge in [0.1, 0.15) is 17.5 Å². The van der Waals surface area contributed by atoms with Crippen LogP contribution in [0.5, 0.6) is 11.8 Å². The van der Waals surface area contributed by atoms with E-state index >= 15 is 0 Å². The first-order chi connectivity index (χ1) is 9.53. The van der Waals surface area contributed by atoms with Gasteiger partial charge in [-0.15, -0.1) is 0 Å². The number of benzene rings is 1. The Morgan fingerprint density at radius 2 is 1.65 bits per heavy atom. The first-order valence-corrected chi connectivity index (χ1v) is 5.72. The second kappa shape index (κ2) is 5.68. The zero-order valence-corrected chi connectivity index (χ0v) is 11.0. The minimum absolute atomic E-state index is 0.0636. The number of halogens is 2. The highest BCUT2D eigenvalue weighted by Crippen LogP contribution is 2.22. The molecule has 0 aliphatic heterocycles. The molecule has 0 saturated carbocycles. The molecule has 7 heteroatoms. The number of nitrogens with two attached hydrogens (primary N) is 1. The molecule has 0 bridgehead atoms. The summed E-state index contributed by atoms with van der Waals surface area (Å²) in [6.07, 6.45) is 0.0636. The molecule has 0 unspecified atom stereocenters. The summed E-state index contributed by atoms with van der Waals surface area (Å²) in [4.78, 5) is 8.16. The SMILES string of the molecule is COc1cc(OC)nc(Cc2cc(F)cc(F)c2N)n1. The summed E-state index contributed by atoms with van der Waals surface area (Å²) in [5, 5.41) is 0. The average molecular weight is 281 g/mol. The van der Waals surface area contributed by atoms with Crippen molar-refractivity contribution in [3.8, 4) is 11.8 Å². The van der Waals surface area contributed by atoms with Crippen LogP contribution in [0.3, 0.4) is 0 Å². The third-order valence-electron chi connectivity index (χ3n) is 2.67. The van der Waals surface area contributed by atoms with Crippen molar-refractivity contribution in [1.29, 1.82) is 0 Å². The summed E-state index contributed by atoms with van der Waals surface area (Å²) in [5.41, 5.74) is 5.71. The molecule has 20 heavy (non-hydrogen) atoms. The number of nitrogen functional groups attached to an aromatic ring is 1. The summed E-state index contributed by atoms with van der Waals surface area (Å²) in [6.45, 7) is 0. The van der Waals surface area contributed by atoms with Crippen LogP contribution in [-0.4, -0.2) is 24.2 Å². The Bertz CT molecular complexity index is 613. The summed E-state index contributed by atoms with van der Waals surface area (Å²) >= 11 is 0. The van der Waals surface area contributed by atoms with Gasteiger partial charge >= 0.3 is 0 Å². The average Bonchev–Trinajstić information content (AvgIpc) is 2.43. The Hall–Kier alpha value is -2.44. The van der Waals surface area contributed by atoms with Crippen LogP contribution in [0, 0.1) is 11.6 Å². The van der Waals surface area contributed by atoms with Gasteiger partial charge in [0.15, 0.2) is 0 Å². The third-order valence-corrected chi connectivity index (χ3v) is 2.67. The minimum atomic E-state index is -0.810. The van der Waals surface area contributed by atoms with E-state index in [0.29, 0.717) is 11.8 Å². The molecule has 106 valence electrons. The van der Waals surface area contributed by atoms with E-state index in [1.807, 2.05) is 0 Å². The van der Waals surface area contributed by atoms with E-state index in [4.69, 9.17) is 15.2 Å².